The molecule has 1 aliphatic heterocycles. The Morgan fingerprint density at radius 3 is 2.67 bits per heavy atom. The lowest BCUT2D eigenvalue weighted by molar-refractivity contribution is -0.0308. The first kappa shape index (κ1) is 24.9. The molecule has 6 rings (SSSR count). The average molecular weight is 525 g/mol. The highest BCUT2D eigenvalue weighted by molar-refractivity contribution is 5.92. The third-order valence-electron chi connectivity index (χ3n) is 6.95. The molecule has 0 radical (unpaired) electrons. The molecule has 0 spiro atoms. The number of anilines is 3. The van der Waals surface area contributed by atoms with E-state index in [9.17, 15) is 0 Å². The summed E-state index contributed by atoms with van der Waals surface area (Å²) in [5.41, 5.74) is 5.93. The van der Waals surface area contributed by atoms with Gasteiger partial charge in [0.15, 0.2) is 11.4 Å². The van der Waals surface area contributed by atoms with Gasteiger partial charge in [0.25, 0.3) is 0 Å². The van der Waals surface area contributed by atoms with Crippen molar-refractivity contribution >= 4 is 28.4 Å². The third kappa shape index (κ3) is 5.03. The Morgan fingerprint density at radius 1 is 1.05 bits per heavy atom. The van der Waals surface area contributed by atoms with Crippen LogP contribution in [0.4, 0.5) is 17.2 Å². The molecular formula is C29H32N8O2. The smallest absolute Gasteiger partial charge is 0.166 e. The molecule has 200 valence electrons. The zero-order valence-electron chi connectivity index (χ0n) is 22.4. The number of benzene rings is 2. The Labute approximate surface area is 227 Å². The van der Waals surface area contributed by atoms with Gasteiger partial charge >= 0.3 is 0 Å². The van der Waals surface area contributed by atoms with Crippen LogP contribution in [-0.4, -0.2) is 43.2 Å². The summed E-state index contributed by atoms with van der Waals surface area (Å²) in [6.45, 7) is 3.40. The van der Waals surface area contributed by atoms with E-state index in [1.165, 1.54) is 10.4 Å². The summed E-state index contributed by atoms with van der Waals surface area (Å²) in [5.74, 6) is 2.29. The zero-order chi connectivity index (χ0) is 26.8. The number of methoxy groups -OCH3 is 1. The summed E-state index contributed by atoms with van der Waals surface area (Å²) < 4.78 is 14.1. The highest BCUT2D eigenvalue weighted by Gasteiger charge is 2.24. The normalized spacial score (nSPS) is 15.4. The highest BCUT2D eigenvalue weighted by Crippen LogP contribution is 2.39. The first-order valence-electron chi connectivity index (χ1n) is 13.2. The number of hydrogen-bond donors (Lipinski definition) is 2. The minimum absolute atomic E-state index is 0.0806. The van der Waals surface area contributed by atoms with E-state index >= 15 is 0 Å². The highest BCUT2D eigenvalue weighted by atomic mass is 16.5. The molecule has 2 aromatic carbocycles. The van der Waals surface area contributed by atoms with Crippen molar-refractivity contribution in [3.05, 3.63) is 72.2 Å². The van der Waals surface area contributed by atoms with Crippen LogP contribution in [0.25, 0.3) is 22.4 Å². The van der Waals surface area contributed by atoms with Crippen LogP contribution >= 0.6 is 0 Å². The Balaban J connectivity index is 1.43. The first-order chi connectivity index (χ1) is 19.1. The molecule has 39 heavy (non-hydrogen) atoms. The lowest BCUT2D eigenvalue weighted by atomic mass is 10.1. The third-order valence-corrected chi connectivity index (χ3v) is 6.95. The van der Waals surface area contributed by atoms with Crippen molar-refractivity contribution in [2.24, 2.45) is 7.05 Å². The van der Waals surface area contributed by atoms with Crippen molar-refractivity contribution in [1.29, 1.82) is 0 Å². The molecule has 1 aliphatic rings. The molecule has 5 aromatic rings. The van der Waals surface area contributed by atoms with E-state index in [0.29, 0.717) is 12.3 Å². The summed E-state index contributed by atoms with van der Waals surface area (Å²) in [6, 6.07) is 18.2. The first-order valence-corrected chi connectivity index (χ1v) is 13.2. The van der Waals surface area contributed by atoms with Crippen LogP contribution < -0.4 is 15.4 Å². The fourth-order valence-electron chi connectivity index (χ4n) is 5.09. The summed E-state index contributed by atoms with van der Waals surface area (Å²) >= 11 is 0. The molecular weight excluding hydrogens is 492 g/mol. The molecule has 1 unspecified atom stereocenters. The maximum Gasteiger partial charge on any atom is 0.166 e. The van der Waals surface area contributed by atoms with E-state index in [4.69, 9.17) is 19.4 Å². The minimum Gasteiger partial charge on any atom is -0.494 e. The van der Waals surface area contributed by atoms with Crippen molar-refractivity contribution in [2.75, 3.05) is 24.4 Å². The summed E-state index contributed by atoms with van der Waals surface area (Å²) in [7, 11) is 3.46. The van der Waals surface area contributed by atoms with Gasteiger partial charge in [0.1, 0.15) is 29.1 Å². The van der Waals surface area contributed by atoms with Gasteiger partial charge in [0.2, 0.25) is 0 Å². The molecule has 0 amide bonds. The van der Waals surface area contributed by atoms with Gasteiger partial charge in [-0.3, -0.25) is 4.57 Å². The standard InChI is InChI=1S/C29H32N8O2/c1-19-32-27-23(33-22-13-9-12-21(28(22)38-3)24-18-31-36(2)35-24)16-25(30-17-20-10-5-4-6-11-20)34-29(27)37(19)26-14-7-8-15-39-26/h4-6,9-13,16,18,26H,7-8,14-15,17H2,1-3H3,(H2,30,33,34). The molecule has 10 nitrogen and oxygen atoms in total. The summed E-state index contributed by atoms with van der Waals surface area (Å²) in [4.78, 5) is 11.5. The molecule has 3 aromatic heterocycles. The van der Waals surface area contributed by atoms with Crippen LogP contribution in [0.2, 0.25) is 0 Å². The number of rotatable bonds is 8. The number of hydrogen-bond acceptors (Lipinski definition) is 8. The van der Waals surface area contributed by atoms with E-state index in [-0.39, 0.29) is 6.23 Å². The van der Waals surface area contributed by atoms with Gasteiger partial charge in [0, 0.05) is 31.8 Å². The molecule has 1 atom stereocenters. The number of nitrogens with one attached hydrogen (secondary N) is 2. The van der Waals surface area contributed by atoms with Crippen LogP contribution in [0.1, 0.15) is 36.9 Å². The van der Waals surface area contributed by atoms with Gasteiger partial charge in [-0.25, -0.2) is 9.97 Å². The maximum absolute atomic E-state index is 6.15. The molecule has 0 bridgehead atoms. The number of imidazole rings is 1. The topological polar surface area (TPSA) is 104 Å². The van der Waals surface area contributed by atoms with Crippen molar-refractivity contribution in [3.8, 4) is 17.0 Å². The quantitative estimate of drug-likeness (QED) is 0.270. The van der Waals surface area contributed by atoms with Crippen LogP contribution in [0.15, 0.2) is 60.8 Å². The molecule has 10 heteroatoms. The van der Waals surface area contributed by atoms with Gasteiger partial charge in [-0.1, -0.05) is 36.4 Å². The maximum atomic E-state index is 6.15. The molecule has 2 N–H and O–H groups in total. The predicted molar refractivity (Wildman–Crippen MR) is 151 cm³/mol. The van der Waals surface area contributed by atoms with E-state index in [0.717, 1.165) is 71.3 Å². The Bertz CT molecular complexity index is 1590. The number of ether oxygens (including phenoxy) is 2. The molecule has 4 heterocycles. The van der Waals surface area contributed by atoms with Crippen LogP contribution in [0.5, 0.6) is 5.75 Å². The summed E-state index contributed by atoms with van der Waals surface area (Å²) in [6.07, 6.45) is 4.78. The zero-order valence-corrected chi connectivity index (χ0v) is 22.4. The Hall–Kier alpha value is -4.44. The summed E-state index contributed by atoms with van der Waals surface area (Å²) in [5, 5.41) is 15.8. The number of pyridine rings is 1. The van der Waals surface area contributed by atoms with Crippen LogP contribution in [-0.2, 0) is 18.3 Å². The predicted octanol–water partition coefficient (Wildman–Crippen LogP) is 5.60. The Morgan fingerprint density at radius 2 is 1.92 bits per heavy atom. The van der Waals surface area contributed by atoms with Gasteiger partial charge < -0.3 is 20.1 Å². The minimum atomic E-state index is -0.0806. The molecule has 1 saturated heterocycles. The van der Waals surface area contributed by atoms with Crippen molar-refractivity contribution in [3.63, 3.8) is 0 Å². The van der Waals surface area contributed by atoms with Crippen LogP contribution in [0.3, 0.4) is 0 Å². The van der Waals surface area contributed by atoms with Crippen LogP contribution in [0, 0.1) is 6.92 Å². The second-order valence-electron chi connectivity index (χ2n) is 9.65. The van der Waals surface area contributed by atoms with E-state index in [1.54, 1.807) is 20.4 Å². The fourth-order valence-corrected chi connectivity index (χ4v) is 5.09. The van der Waals surface area contributed by atoms with E-state index in [2.05, 4.69) is 37.5 Å². The second-order valence-corrected chi connectivity index (χ2v) is 9.65. The second kappa shape index (κ2) is 10.7. The van der Waals surface area contributed by atoms with Crippen molar-refractivity contribution in [1.82, 2.24) is 29.5 Å². The van der Waals surface area contributed by atoms with Crippen molar-refractivity contribution in [2.45, 2.75) is 39.0 Å². The van der Waals surface area contributed by atoms with Gasteiger partial charge in [0.05, 0.1) is 24.7 Å². The number of fused-ring (bicyclic) bond motifs is 1. The van der Waals surface area contributed by atoms with Gasteiger partial charge in [-0.2, -0.15) is 15.0 Å². The molecule has 0 aliphatic carbocycles. The van der Waals surface area contributed by atoms with E-state index < -0.39 is 0 Å². The number of para-hydroxylation sites is 1. The van der Waals surface area contributed by atoms with E-state index in [1.807, 2.05) is 49.4 Å². The average Bonchev–Trinajstić information content (AvgIpc) is 3.55. The van der Waals surface area contributed by atoms with Crippen molar-refractivity contribution < 1.29 is 9.47 Å². The largest absolute Gasteiger partial charge is 0.494 e. The monoisotopic (exact) mass is 524 g/mol. The lowest BCUT2D eigenvalue weighted by Crippen LogP contribution is -2.19. The SMILES string of the molecule is COc1c(Nc2cc(NCc3ccccc3)nc3c2nc(C)n3C2CCCCO2)cccc1-c1cnn(C)n1. The number of aromatic nitrogens is 6. The molecule has 0 saturated carbocycles. The number of aryl methyl sites for hydroxylation is 2. The molecule has 1 fully saturated rings. The Kier molecular flexibility index (Phi) is 6.85. The number of nitrogens with zero attached hydrogens (tertiary/aromatic N) is 6. The fraction of sp³-hybridized carbons (Fsp3) is 0.310. The lowest BCUT2D eigenvalue weighted by Gasteiger charge is -2.25. The van der Waals surface area contributed by atoms with Gasteiger partial charge in [-0.15, -0.1) is 0 Å². The van der Waals surface area contributed by atoms with Gasteiger partial charge in [-0.05, 0) is 43.9 Å².